The molecule has 0 radical (unpaired) electrons. The normalized spacial score (nSPS) is 10.5. The number of halogens is 4. The molecule has 0 unspecified atom stereocenters. The highest BCUT2D eigenvalue weighted by atomic mass is 19.1. The first kappa shape index (κ1) is 15.7. The van der Waals surface area contributed by atoms with Crippen LogP contribution in [0.25, 0.3) is 0 Å². The number of benzene rings is 2. The topological polar surface area (TPSA) is 49.8 Å². The maximum absolute atomic E-state index is 13.6. The lowest BCUT2D eigenvalue weighted by atomic mass is 10.3. The largest absolute Gasteiger partial charge is 0.338 e. The molecule has 0 fully saturated rings. The van der Waals surface area contributed by atoms with Gasteiger partial charge in [-0.2, -0.15) is 0 Å². The number of rotatable bonds is 4. The number of anilines is 4. The van der Waals surface area contributed by atoms with Crippen LogP contribution >= 0.6 is 0 Å². The highest BCUT2D eigenvalue weighted by Crippen LogP contribution is 2.24. The molecule has 0 amide bonds. The van der Waals surface area contributed by atoms with E-state index in [1.165, 1.54) is 18.2 Å². The first-order valence-electron chi connectivity index (χ1n) is 6.78. The Balaban J connectivity index is 1.84. The fourth-order valence-corrected chi connectivity index (χ4v) is 1.97. The third-order valence-electron chi connectivity index (χ3n) is 3.08. The van der Waals surface area contributed by atoms with E-state index in [1.54, 1.807) is 0 Å². The number of para-hydroxylation sites is 1. The maximum atomic E-state index is 13.6. The van der Waals surface area contributed by atoms with E-state index in [4.69, 9.17) is 0 Å². The highest BCUT2D eigenvalue weighted by Gasteiger charge is 2.10. The van der Waals surface area contributed by atoms with Crippen molar-refractivity contribution in [2.24, 2.45) is 0 Å². The van der Waals surface area contributed by atoms with Gasteiger partial charge < -0.3 is 10.6 Å². The van der Waals surface area contributed by atoms with Gasteiger partial charge in [-0.05, 0) is 24.3 Å². The Hall–Kier alpha value is -3.16. The zero-order valence-electron chi connectivity index (χ0n) is 12.0. The van der Waals surface area contributed by atoms with Crippen molar-refractivity contribution in [1.82, 2.24) is 9.97 Å². The Bertz CT molecular complexity index is 865. The summed E-state index contributed by atoms with van der Waals surface area (Å²) in [4.78, 5) is 7.72. The van der Waals surface area contributed by atoms with E-state index in [0.717, 1.165) is 30.6 Å². The molecule has 122 valence electrons. The number of aromatic nitrogens is 2. The van der Waals surface area contributed by atoms with Gasteiger partial charge in [0.15, 0.2) is 0 Å². The summed E-state index contributed by atoms with van der Waals surface area (Å²) in [6.45, 7) is 0. The van der Waals surface area contributed by atoms with Crippen molar-refractivity contribution in [3.63, 3.8) is 0 Å². The van der Waals surface area contributed by atoms with Gasteiger partial charge in [0.1, 0.15) is 46.9 Å². The second kappa shape index (κ2) is 6.53. The molecule has 24 heavy (non-hydrogen) atoms. The summed E-state index contributed by atoms with van der Waals surface area (Å²) in [6.07, 6.45) is 1.13. The van der Waals surface area contributed by atoms with Gasteiger partial charge in [-0.1, -0.05) is 6.07 Å². The van der Waals surface area contributed by atoms with Crippen LogP contribution in [0.15, 0.2) is 48.8 Å². The Morgan fingerprint density at radius 3 is 2.04 bits per heavy atom. The molecule has 1 aromatic heterocycles. The Labute approximate surface area is 134 Å². The molecule has 0 bridgehead atoms. The monoisotopic (exact) mass is 334 g/mol. The predicted molar refractivity (Wildman–Crippen MR) is 81.3 cm³/mol. The van der Waals surface area contributed by atoms with Gasteiger partial charge in [0, 0.05) is 12.1 Å². The summed E-state index contributed by atoms with van der Waals surface area (Å²) < 4.78 is 53.8. The molecular weight excluding hydrogens is 324 g/mol. The van der Waals surface area contributed by atoms with Crippen LogP contribution in [0.5, 0.6) is 0 Å². The molecule has 0 spiro atoms. The average molecular weight is 334 g/mol. The van der Waals surface area contributed by atoms with E-state index in [1.807, 2.05) is 0 Å². The van der Waals surface area contributed by atoms with Gasteiger partial charge in [0.05, 0.1) is 5.69 Å². The van der Waals surface area contributed by atoms with E-state index in [2.05, 4.69) is 20.6 Å². The second-order valence-corrected chi connectivity index (χ2v) is 4.76. The Morgan fingerprint density at radius 1 is 0.708 bits per heavy atom. The summed E-state index contributed by atoms with van der Waals surface area (Å²) in [5, 5.41) is 5.13. The summed E-state index contributed by atoms with van der Waals surface area (Å²) in [5.41, 5.74) is -0.367. The third-order valence-corrected chi connectivity index (χ3v) is 3.08. The standard InChI is InChI=1S/C16H10F4N4/c17-9-4-5-13(12(20)6-9)23-14-7-15(22-8-21-14)24-16-10(18)2-1-3-11(16)19/h1-8H,(H2,21,22,23,24). The van der Waals surface area contributed by atoms with E-state index in [0.29, 0.717) is 0 Å². The fourth-order valence-electron chi connectivity index (χ4n) is 1.97. The Morgan fingerprint density at radius 2 is 1.38 bits per heavy atom. The predicted octanol–water partition coefficient (Wildman–Crippen LogP) is 4.52. The first-order chi connectivity index (χ1) is 11.5. The summed E-state index contributed by atoms with van der Waals surface area (Å²) in [6, 6.07) is 7.77. The zero-order chi connectivity index (χ0) is 17.1. The van der Waals surface area contributed by atoms with Crippen molar-refractivity contribution in [3.05, 3.63) is 72.1 Å². The van der Waals surface area contributed by atoms with E-state index in [-0.39, 0.29) is 23.0 Å². The summed E-state index contributed by atoms with van der Waals surface area (Å²) in [7, 11) is 0. The van der Waals surface area contributed by atoms with Crippen molar-refractivity contribution >= 4 is 23.0 Å². The highest BCUT2D eigenvalue weighted by molar-refractivity contribution is 5.63. The lowest BCUT2D eigenvalue weighted by Crippen LogP contribution is -2.02. The molecule has 0 aliphatic rings. The molecule has 3 aromatic rings. The van der Waals surface area contributed by atoms with Gasteiger partial charge in [0.2, 0.25) is 0 Å². The maximum Gasteiger partial charge on any atom is 0.149 e. The van der Waals surface area contributed by atoms with Gasteiger partial charge in [-0.25, -0.2) is 27.5 Å². The van der Waals surface area contributed by atoms with Crippen molar-refractivity contribution < 1.29 is 17.6 Å². The van der Waals surface area contributed by atoms with E-state index >= 15 is 0 Å². The molecule has 2 N–H and O–H groups in total. The molecule has 2 aromatic carbocycles. The van der Waals surface area contributed by atoms with Crippen LogP contribution < -0.4 is 10.6 Å². The molecule has 4 nitrogen and oxygen atoms in total. The van der Waals surface area contributed by atoms with E-state index in [9.17, 15) is 17.6 Å². The quantitative estimate of drug-likeness (QED) is 0.689. The molecule has 0 saturated carbocycles. The lowest BCUT2D eigenvalue weighted by molar-refractivity contribution is 0.586. The zero-order valence-corrected chi connectivity index (χ0v) is 12.0. The van der Waals surface area contributed by atoms with Crippen molar-refractivity contribution in [1.29, 1.82) is 0 Å². The lowest BCUT2D eigenvalue weighted by Gasteiger charge is -2.10. The smallest absolute Gasteiger partial charge is 0.149 e. The summed E-state index contributed by atoms with van der Waals surface area (Å²) in [5.74, 6) is -2.82. The van der Waals surface area contributed by atoms with Crippen LogP contribution in [0.2, 0.25) is 0 Å². The summed E-state index contributed by atoms with van der Waals surface area (Å²) >= 11 is 0. The molecule has 3 rings (SSSR count). The SMILES string of the molecule is Fc1ccc(Nc2cc(Nc3c(F)cccc3F)ncn2)c(F)c1. The number of hydrogen-bond acceptors (Lipinski definition) is 4. The third kappa shape index (κ3) is 3.43. The minimum absolute atomic E-state index is 0.00174. The number of nitrogens with zero attached hydrogens (tertiary/aromatic N) is 2. The minimum atomic E-state index is -0.803. The second-order valence-electron chi connectivity index (χ2n) is 4.76. The van der Waals surface area contributed by atoms with Crippen LogP contribution in [-0.2, 0) is 0 Å². The van der Waals surface area contributed by atoms with Crippen molar-refractivity contribution in [2.45, 2.75) is 0 Å². The fraction of sp³-hybridized carbons (Fsp3) is 0. The minimum Gasteiger partial charge on any atom is -0.338 e. The van der Waals surface area contributed by atoms with Gasteiger partial charge in [-0.3, -0.25) is 0 Å². The van der Waals surface area contributed by atoms with Crippen LogP contribution in [0.3, 0.4) is 0 Å². The Kier molecular flexibility index (Phi) is 4.28. The molecular formula is C16H10F4N4. The molecule has 0 atom stereocenters. The van der Waals surface area contributed by atoms with E-state index < -0.39 is 23.3 Å². The van der Waals surface area contributed by atoms with Crippen LogP contribution in [0.4, 0.5) is 40.6 Å². The van der Waals surface area contributed by atoms with Gasteiger partial charge >= 0.3 is 0 Å². The van der Waals surface area contributed by atoms with Gasteiger partial charge in [-0.15, -0.1) is 0 Å². The molecule has 0 saturated heterocycles. The molecule has 0 aliphatic heterocycles. The first-order valence-corrected chi connectivity index (χ1v) is 6.78. The molecule has 0 aliphatic carbocycles. The average Bonchev–Trinajstić information content (AvgIpc) is 2.54. The van der Waals surface area contributed by atoms with Crippen molar-refractivity contribution in [2.75, 3.05) is 10.6 Å². The van der Waals surface area contributed by atoms with Gasteiger partial charge in [0.25, 0.3) is 0 Å². The number of nitrogens with one attached hydrogen (secondary N) is 2. The van der Waals surface area contributed by atoms with Crippen LogP contribution in [0, 0.1) is 23.3 Å². The van der Waals surface area contributed by atoms with Crippen LogP contribution in [-0.4, -0.2) is 9.97 Å². The molecule has 1 heterocycles. The van der Waals surface area contributed by atoms with Crippen molar-refractivity contribution in [3.8, 4) is 0 Å². The van der Waals surface area contributed by atoms with Crippen LogP contribution in [0.1, 0.15) is 0 Å². The molecule has 8 heteroatoms. The number of hydrogen-bond donors (Lipinski definition) is 2.